The third-order valence-electron chi connectivity index (χ3n) is 4.56. The topological polar surface area (TPSA) is 61.7 Å². The van der Waals surface area contributed by atoms with E-state index >= 15 is 0 Å². The van der Waals surface area contributed by atoms with Gasteiger partial charge in [-0.1, -0.05) is 72.8 Å². The highest BCUT2D eigenvalue weighted by Crippen LogP contribution is 2.27. The third kappa shape index (κ3) is 3.62. The van der Waals surface area contributed by atoms with Crippen molar-refractivity contribution < 1.29 is 9.90 Å². The predicted octanol–water partition coefficient (Wildman–Crippen LogP) is 4.98. The largest absolute Gasteiger partial charge is 0.507 e. The first kappa shape index (κ1) is 17.5. The summed E-state index contributed by atoms with van der Waals surface area (Å²) in [6, 6.07) is 28.5. The van der Waals surface area contributed by atoms with Crippen LogP contribution in [0.15, 0.2) is 96.1 Å². The zero-order chi connectivity index (χ0) is 19.3. The van der Waals surface area contributed by atoms with Gasteiger partial charge in [-0.25, -0.2) is 5.43 Å². The number of rotatable bonds is 4. The predicted molar refractivity (Wildman–Crippen MR) is 113 cm³/mol. The fourth-order valence-corrected chi connectivity index (χ4v) is 3.05. The molecule has 0 aliphatic rings. The molecular formula is C24H18N2O2. The molecule has 0 saturated carbocycles. The van der Waals surface area contributed by atoms with Crippen molar-refractivity contribution in [3.05, 3.63) is 102 Å². The zero-order valence-electron chi connectivity index (χ0n) is 15.0. The minimum absolute atomic E-state index is 0.142. The molecule has 4 heteroatoms. The van der Waals surface area contributed by atoms with E-state index < -0.39 is 0 Å². The van der Waals surface area contributed by atoms with E-state index in [2.05, 4.69) is 10.5 Å². The number of nitrogens with one attached hydrogen (secondary N) is 1. The van der Waals surface area contributed by atoms with Crippen LogP contribution in [0.3, 0.4) is 0 Å². The maximum Gasteiger partial charge on any atom is 0.271 e. The second-order valence-corrected chi connectivity index (χ2v) is 6.37. The Balaban J connectivity index is 1.46. The summed E-state index contributed by atoms with van der Waals surface area (Å²) in [5.41, 5.74) is 5.69. The summed E-state index contributed by atoms with van der Waals surface area (Å²) < 4.78 is 0. The number of carbonyl (C=O) groups excluding carboxylic acids is 1. The molecule has 0 aromatic heterocycles. The van der Waals surface area contributed by atoms with Crippen molar-refractivity contribution in [3.8, 4) is 16.9 Å². The fourth-order valence-electron chi connectivity index (χ4n) is 3.05. The summed E-state index contributed by atoms with van der Waals surface area (Å²) in [7, 11) is 0. The molecule has 0 aliphatic carbocycles. The lowest BCUT2D eigenvalue weighted by atomic mass is 10.0. The lowest BCUT2D eigenvalue weighted by molar-refractivity contribution is 0.0955. The number of hydrazone groups is 1. The van der Waals surface area contributed by atoms with E-state index in [0.29, 0.717) is 11.1 Å². The van der Waals surface area contributed by atoms with Gasteiger partial charge in [0.1, 0.15) is 5.75 Å². The van der Waals surface area contributed by atoms with E-state index in [1.807, 2.05) is 72.8 Å². The van der Waals surface area contributed by atoms with Gasteiger partial charge in [-0.15, -0.1) is 0 Å². The summed E-state index contributed by atoms with van der Waals surface area (Å²) in [5, 5.41) is 16.0. The van der Waals surface area contributed by atoms with Crippen molar-refractivity contribution in [1.82, 2.24) is 5.43 Å². The van der Waals surface area contributed by atoms with Crippen LogP contribution in [0.4, 0.5) is 0 Å². The van der Waals surface area contributed by atoms with Gasteiger partial charge in [-0.05, 0) is 34.7 Å². The van der Waals surface area contributed by atoms with Crippen molar-refractivity contribution in [2.24, 2.45) is 5.10 Å². The average Bonchev–Trinajstić information content (AvgIpc) is 2.76. The second-order valence-electron chi connectivity index (χ2n) is 6.37. The number of carbonyl (C=O) groups is 1. The summed E-state index contributed by atoms with van der Waals surface area (Å²) >= 11 is 0. The van der Waals surface area contributed by atoms with Crippen LogP contribution in [0.2, 0.25) is 0 Å². The maximum absolute atomic E-state index is 12.3. The highest BCUT2D eigenvalue weighted by Gasteiger charge is 2.06. The molecule has 0 bridgehead atoms. The smallest absolute Gasteiger partial charge is 0.271 e. The van der Waals surface area contributed by atoms with Crippen LogP contribution < -0.4 is 5.43 Å². The molecule has 0 saturated heterocycles. The second kappa shape index (κ2) is 7.76. The van der Waals surface area contributed by atoms with E-state index in [1.54, 1.807) is 18.2 Å². The van der Waals surface area contributed by atoms with Gasteiger partial charge in [-0.3, -0.25) is 4.79 Å². The first-order valence-corrected chi connectivity index (χ1v) is 8.92. The Morgan fingerprint density at radius 3 is 2.25 bits per heavy atom. The normalized spacial score (nSPS) is 11.0. The molecule has 136 valence electrons. The van der Waals surface area contributed by atoms with Crippen LogP contribution in [0.25, 0.3) is 21.9 Å². The van der Waals surface area contributed by atoms with Crippen LogP contribution in [0.1, 0.15) is 15.9 Å². The summed E-state index contributed by atoms with van der Waals surface area (Å²) in [5.74, 6) is -0.167. The van der Waals surface area contributed by atoms with Gasteiger partial charge in [0.05, 0.1) is 6.21 Å². The molecule has 0 atom stereocenters. The minimum atomic E-state index is -0.309. The highest BCUT2D eigenvalue weighted by atomic mass is 16.3. The molecular weight excluding hydrogens is 348 g/mol. The Bertz CT molecular complexity index is 1150. The van der Waals surface area contributed by atoms with Crippen LogP contribution in [0.5, 0.6) is 5.75 Å². The number of fused-ring (bicyclic) bond motifs is 1. The Morgan fingerprint density at radius 1 is 0.786 bits per heavy atom. The minimum Gasteiger partial charge on any atom is -0.507 e. The van der Waals surface area contributed by atoms with E-state index in [1.165, 1.54) is 6.21 Å². The molecule has 1 amide bonds. The molecule has 4 rings (SSSR count). The van der Waals surface area contributed by atoms with Crippen molar-refractivity contribution in [2.75, 3.05) is 0 Å². The number of benzene rings is 4. The lowest BCUT2D eigenvalue weighted by Crippen LogP contribution is -2.17. The number of phenolic OH excluding ortho intramolecular Hbond substituents is 1. The molecule has 4 nitrogen and oxygen atoms in total. The molecule has 0 radical (unpaired) electrons. The number of phenols is 1. The maximum atomic E-state index is 12.3. The molecule has 28 heavy (non-hydrogen) atoms. The summed E-state index contributed by atoms with van der Waals surface area (Å²) in [6.07, 6.45) is 1.44. The number of hydrogen-bond acceptors (Lipinski definition) is 3. The lowest BCUT2D eigenvalue weighted by Gasteiger charge is -2.05. The third-order valence-corrected chi connectivity index (χ3v) is 4.56. The molecule has 0 heterocycles. The van der Waals surface area contributed by atoms with Crippen molar-refractivity contribution in [1.29, 1.82) is 0 Å². The van der Waals surface area contributed by atoms with Gasteiger partial charge in [-0.2, -0.15) is 5.10 Å². The van der Waals surface area contributed by atoms with Crippen LogP contribution in [-0.2, 0) is 0 Å². The molecule has 0 spiro atoms. The molecule has 0 fully saturated rings. The number of hydrogen-bond donors (Lipinski definition) is 2. The molecule has 4 aromatic rings. The van der Waals surface area contributed by atoms with Crippen molar-refractivity contribution in [2.45, 2.75) is 0 Å². The van der Waals surface area contributed by atoms with Gasteiger partial charge in [0.15, 0.2) is 0 Å². The van der Waals surface area contributed by atoms with Gasteiger partial charge in [0, 0.05) is 16.5 Å². The Hall–Kier alpha value is -3.92. The zero-order valence-corrected chi connectivity index (χ0v) is 15.0. The number of amides is 1. The van der Waals surface area contributed by atoms with E-state index in [4.69, 9.17) is 0 Å². The van der Waals surface area contributed by atoms with Gasteiger partial charge < -0.3 is 5.11 Å². The Kier molecular flexibility index (Phi) is 4.85. The summed E-state index contributed by atoms with van der Waals surface area (Å²) in [4.78, 5) is 12.3. The Labute approximate surface area is 162 Å². The first-order chi connectivity index (χ1) is 13.7. The standard InChI is InChI=1S/C24H18N2O2/c27-23-21(15-12-19-8-4-5-9-22(19)23)16-25-26-24(28)20-13-10-18(11-14-20)17-6-2-1-3-7-17/h1-16,27H,(H,26,28)/b25-16-. The van der Waals surface area contributed by atoms with Crippen molar-refractivity contribution in [3.63, 3.8) is 0 Å². The van der Waals surface area contributed by atoms with Gasteiger partial charge in [0.25, 0.3) is 5.91 Å². The molecule has 4 aromatic carbocycles. The summed E-state index contributed by atoms with van der Waals surface area (Å²) in [6.45, 7) is 0. The molecule has 0 aliphatic heterocycles. The number of nitrogens with zero attached hydrogens (tertiary/aromatic N) is 1. The fraction of sp³-hybridized carbons (Fsp3) is 0. The highest BCUT2D eigenvalue weighted by molar-refractivity contribution is 5.98. The Morgan fingerprint density at radius 2 is 1.46 bits per heavy atom. The first-order valence-electron chi connectivity index (χ1n) is 8.92. The van der Waals surface area contributed by atoms with Gasteiger partial charge in [0.2, 0.25) is 0 Å². The van der Waals surface area contributed by atoms with Crippen LogP contribution in [0, 0.1) is 0 Å². The SMILES string of the molecule is O=C(N/N=C\c1ccc2ccccc2c1O)c1ccc(-c2ccccc2)cc1. The quantitative estimate of drug-likeness (QED) is 0.395. The van der Waals surface area contributed by atoms with E-state index in [9.17, 15) is 9.90 Å². The van der Waals surface area contributed by atoms with Crippen LogP contribution in [-0.4, -0.2) is 17.2 Å². The monoisotopic (exact) mass is 366 g/mol. The van der Waals surface area contributed by atoms with Crippen molar-refractivity contribution >= 4 is 22.9 Å². The molecule has 0 unspecified atom stereocenters. The molecule has 2 N–H and O–H groups in total. The van der Waals surface area contributed by atoms with E-state index in [0.717, 1.165) is 21.9 Å². The number of aromatic hydroxyl groups is 1. The average molecular weight is 366 g/mol. The van der Waals surface area contributed by atoms with Gasteiger partial charge >= 0.3 is 0 Å². The van der Waals surface area contributed by atoms with Crippen LogP contribution >= 0.6 is 0 Å². The van der Waals surface area contributed by atoms with E-state index in [-0.39, 0.29) is 11.7 Å².